The molecular formula is C27H31N7O2. The molecule has 9 nitrogen and oxygen atoms in total. The largest absolute Gasteiger partial charge is 0.488 e. The second-order valence-electron chi connectivity index (χ2n) is 9.48. The topological polar surface area (TPSA) is 90.2 Å². The van der Waals surface area contributed by atoms with Crippen LogP contribution < -0.4 is 15.0 Å². The highest BCUT2D eigenvalue weighted by atomic mass is 16.5. The molecule has 1 N–H and O–H groups in total. The Morgan fingerprint density at radius 3 is 2.53 bits per heavy atom. The van der Waals surface area contributed by atoms with Crippen molar-refractivity contribution in [2.24, 2.45) is 7.05 Å². The van der Waals surface area contributed by atoms with Crippen LogP contribution in [0.3, 0.4) is 0 Å². The molecule has 1 aliphatic carbocycles. The average Bonchev–Trinajstić information content (AvgIpc) is 3.36. The Bertz CT molecular complexity index is 1310. The van der Waals surface area contributed by atoms with Crippen LogP contribution in [0.2, 0.25) is 0 Å². The summed E-state index contributed by atoms with van der Waals surface area (Å²) in [6.07, 6.45) is 11.4. The third-order valence-electron chi connectivity index (χ3n) is 7.10. The lowest BCUT2D eigenvalue weighted by atomic mass is 9.93. The summed E-state index contributed by atoms with van der Waals surface area (Å²) < 4.78 is 13.9. The molecular weight excluding hydrogens is 454 g/mol. The minimum absolute atomic E-state index is 0.161. The highest BCUT2D eigenvalue weighted by Gasteiger charge is 2.24. The minimum Gasteiger partial charge on any atom is -0.488 e. The van der Waals surface area contributed by atoms with Crippen molar-refractivity contribution in [3.8, 4) is 17.0 Å². The molecule has 3 aromatic heterocycles. The van der Waals surface area contributed by atoms with E-state index in [0.717, 1.165) is 91.5 Å². The smallest absolute Gasteiger partial charge is 0.149 e. The molecule has 1 saturated heterocycles. The second-order valence-corrected chi connectivity index (χ2v) is 9.48. The summed E-state index contributed by atoms with van der Waals surface area (Å²) in [6.45, 7) is 3.23. The summed E-state index contributed by atoms with van der Waals surface area (Å²) in [6, 6.07) is 10.8. The van der Waals surface area contributed by atoms with Crippen molar-refractivity contribution in [3.05, 3.63) is 55.1 Å². The molecule has 2 aliphatic rings. The molecule has 0 atom stereocenters. The number of aromatic nitrogens is 5. The van der Waals surface area contributed by atoms with Gasteiger partial charge >= 0.3 is 0 Å². The molecule has 1 aliphatic heterocycles. The lowest BCUT2D eigenvalue weighted by Crippen LogP contribution is -2.36. The van der Waals surface area contributed by atoms with Gasteiger partial charge in [-0.1, -0.05) is 0 Å². The maximum atomic E-state index is 6.55. The number of hydrogen-bond acceptors (Lipinski definition) is 8. The van der Waals surface area contributed by atoms with Crippen molar-refractivity contribution in [3.63, 3.8) is 0 Å². The predicted octanol–water partition coefficient (Wildman–Crippen LogP) is 4.06. The van der Waals surface area contributed by atoms with Crippen molar-refractivity contribution < 1.29 is 9.47 Å². The molecule has 4 aromatic rings. The molecule has 1 saturated carbocycles. The van der Waals surface area contributed by atoms with Crippen molar-refractivity contribution in [1.29, 1.82) is 0 Å². The summed E-state index contributed by atoms with van der Waals surface area (Å²) in [5.41, 5.74) is 4.94. The van der Waals surface area contributed by atoms with Crippen molar-refractivity contribution in [2.45, 2.75) is 37.8 Å². The van der Waals surface area contributed by atoms with E-state index >= 15 is 0 Å². The molecule has 0 radical (unpaired) electrons. The number of pyridine rings is 1. The van der Waals surface area contributed by atoms with E-state index < -0.39 is 0 Å². The molecule has 0 bridgehead atoms. The number of fused-ring (bicyclic) bond motifs is 1. The van der Waals surface area contributed by atoms with Crippen LogP contribution >= 0.6 is 0 Å². The van der Waals surface area contributed by atoms with Crippen LogP contribution in [-0.4, -0.2) is 63.2 Å². The first-order chi connectivity index (χ1) is 17.7. The number of nitrogens with one attached hydrogen (secondary N) is 1. The van der Waals surface area contributed by atoms with E-state index in [4.69, 9.17) is 9.47 Å². The van der Waals surface area contributed by atoms with Crippen LogP contribution in [0, 0.1) is 0 Å². The number of anilines is 2. The Morgan fingerprint density at radius 1 is 0.944 bits per heavy atom. The zero-order valence-corrected chi connectivity index (χ0v) is 20.5. The number of aryl methyl sites for hydroxylation is 1. The molecule has 186 valence electrons. The number of rotatable bonds is 6. The number of benzene rings is 1. The average molecular weight is 486 g/mol. The quantitative estimate of drug-likeness (QED) is 0.437. The maximum Gasteiger partial charge on any atom is 0.149 e. The van der Waals surface area contributed by atoms with Gasteiger partial charge in [-0.15, -0.1) is 0 Å². The number of nitrogens with zero attached hydrogens (tertiary/aromatic N) is 6. The lowest BCUT2D eigenvalue weighted by Gasteiger charge is -2.31. The Morgan fingerprint density at radius 2 is 1.78 bits per heavy atom. The van der Waals surface area contributed by atoms with Gasteiger partial charge in [0, 0.05) is 68.3 Å². The van der Waals surface area contributed by atoms with Gasteiger partial charge in [0.1, 0.15) is 17.1 Å². The fourth-order valence-electron chi connectivity index (χ4n) is 5.12. The van der Waals surface area contributed by atoms with Gasteiger partial charge in [0.2, 0.25) is 0 Å². The molecule has 9 heteroatoms. The SMILES string of the molecule is Cn1nccc1-c1ccc(NC2CCC(Oc3cc(N4CCOCC4)cc4nccnc34)CC2)nc1. The molecule has 0 spiro atoms. The Hall–Kier alpha value is -3.72. The van der Waals surface area contributed by atoms with Crippen LogP contribution in [0.4, 0.5) is 11.5 Å². The fourth-order valence-corrected chi connectivity index (χ4v) is 5.12. The van der Waals surface area contributed by atoms with E-state index in [1.807, 2.05) is 30.1 Å². The van der Waals surface area contributed by atoms with Crippen LogP contribution in [0.25, 0.3) is 22.3 Å². The highest BCUT2D eigenvalue weighted by Crippen LogP contribution is 2.33. The van der Waals surface area contributed by atoms with Crippen molar-refractivity contribution in [1.82, 2.24) is 24.7 Å². The summed E-state index contributed by atoms with van der Waals surface area (Å²) >= 11 is 0. The van der Waals surface area contributed by atoms with Crippen LogP contribution in [0.5, 0.6) is 5.75 Å². The first kappa shape index (κ1) is 22.7. The molecule has 2 fully saturated rings. The molecule has 0 amide bonds. The lowest BCUT2D eigenvalue weighted by molar-refractivity contribution is 0.122. The van der Waals surface area contributed by atoms with Gasteiger partial charge in [-0.3, -0.25) is 9.67 Å². The van der Waals surface area contributed by atoms with Gasteiger partial charge in [-0.05, 0) is 49.9 Å². The normalized spacial score (nSPS) is 20.4. The van der Waals surface area contributed by atoms with E-state index in [2.05, 4.69) is 48.5 Å². The first-order valence-corrected chi connectivity index (χ1v) is 12.7. The Labute approximate surface area is 210 Å². The monoisotopic (exact) mass is 485 g/mol. The van der Waals surface area contributed by atoms with Gasteiger partial charge in [0.05, 0.1) is 30.5 Å². The molecule has 6 rings (SSSR count). The van der Waals surface area contributed by atoms with E-state index in [-0.39, 0.29) is 6.10 Å². The van der Waals surface area contributed by atoms with Crippen molar-refractivity contribution in [2.75, 3.05) is 36.5 Å². The maximum absolute atomic E-state index is 6.55. The van der Waals surface area contributed by atoms with Gasteiger partial charge in [-0.2, -0.15) is 5.10 Å². The van der Waals surface area contributed by atoms with E-state index in [0.29, 0.717) is 6.04 Å². The van der Waals surface area contributed by atoms with Gasteiger partial charge in [0.25, 0.3) is 0 Å². The number of hydrogen-bond donors (Lipinski definition) is 1. The first-order valence-electron chi connectivity index (χ1n) is 12.7. The Balaban J connectivity index is 1.10. The Kier molecular flexibility index (Phi) is 6.38. The summed E-state index contributed by atoms with van der Waals surface area (Å²) in [5, 5.41) is 7.84. The molecule has 0 unspecified atom stereocenters. The van der Waals surface area contributed by atoms with Crippen LogP contribution in [-0.2, 0) is 11.8 Å². The number of morpholine rings is 1. The summed E-state index contributed by atoms with van der Waals surface area (Å²) in [4.78, 5) is 16.1. The van der Waals surface area contributed by atoms with Gasteiger partial charge < -0.3 is 19.7 Å². The standard InChI is InChI=1S/C27H31N7O2/c1-33-24(8-9-31-33)19-2-7-26(30-18-19)32-20-3-5-22(6-4-20)36-25-17-21(34-12-14-35-15-13-34)16-23-27(25)29-11-10-28-23/h2,7-11,16-18,20,22H,3-6,12-15H2,1H3,(H,30,32). The predicted molar refractivity (Wildman–Crippen MR) is 139 cm³/mol. The summed E-state index contributed by atoms with van der Waals surface area (Å²) in [7, 11) is 1.94. The third kappa shape index (κ3) is 4.83. The van der Waals surface area contributed by atoms with Gasteiger partial charge in [0.15, 0.2) is 0 Å². The van der Waals surface area contributed by atoms with Crippen molar-refractivity contribution >= 4 is 22.5 Å². The molecule has 36 heavy (non-hydrogen) atoms. The molecule has 4 heterocycles. The highest BCUT2D eigenvalue weighted by molar-refractivity contribution is 5.85. The molecule has 1 aromatic carbocycles. The fraction of sp³-hybridized carbons (Fsp3) is 0.407. The van der Waals surface area contributed by atoms with Crippen LogP contribution in [0.1, 0.15) is 25.7 Å². The van der Waals surface area contributed by atoms with E-state index in [9.17, 15) is 0 Å². The van der Waals surface area contributed by atoms with E-state index in [1.54, 1.807) is 18.6 Å². The third-order valence-corrected chi connectivity index (χ3v) is 7.10. The second kappa shape index (κ2) is 10.1. The van der Waals surface area contributed by atoms with Gasteiger partial charge in [-0.25, -0.2) is 9.97 Å². The zero-order valence-electron chi connectivity index (χ0n) is 20.5. The van der Waals surface area contributed by atoms with Crippen LogP contribution in [0.15, 0.2) is 55.1 Å². The zero-order chi connectivity index (χ0) is 24.3. The summed E-state index contributed by atoms with van der Waals surface area (Å²) in [5.74, 6) is 1.73. The van der Waals surface area contributed by atoms with E-state index in [1.165, 1.54) is 0 Å². The minimum atomic E-state index is 0.161. The number of ether oxygens (including phenoxy) is 2.